The maximum atomic E-state index is 12.2. The van der Waals surface area contributed by atoms with Crippen LogP contribution in [0.1, 0.15) is 76.2 Å². The zero-order valence-corrected chi connectivity index (χ0v) is 18.2. The number of aryl methyl sites for hydroxylation is 1. The number of nitriles is 1. The van der Waals surface area contributed by atoms with Crippen LogP contribution in [0.4, 0.5) is 13.2 Å². The van der Waals surface area contributed by atoms with E-state index in [1.165, 1.54) is 76.3 Å². The van der Waals surface area contributed by atoms with Crippen LogP contribution in [0.25, 0.3) is 0 Å². The topological polar surface area (TPSA) is 33.0 Å². The van der Waals surface area contributed by atoms with Crippen molar-refractivity contribution >= 4 is 0 Å². The zero-order chi connectivity index (χ0) is 22.1. The fraction of sp³-hybridized carbons (Fsp3) is 0.654. The monoisotopic (exact) mass is 433 g/mol. The lowest BCUT2D eigenvalue weighted by molar-refractivity contribution is -0.274. The molecule has 2 aliphatic carbocycles. The standard InChI is InChI=1S/C26H34F3NO/c27-26(28,29)31-25-17-11-21(12-18-25)5-2-1-4-20-7-13-23(14-8-20)24-15-9-22(10-16-24)6-3-19-30/h3,6,11-12,17-18,20,22-24H,1-2,4-5,7-10,13-16H2/b6-3+. The molecule has 3 rings (SSSR count). The summed E-state index contributed by atoms with van der Waals surface area (Å²) in [5.74, 6) is 3.08. The van der Waals surface area contributed by atoms with Crippen LogP contribution in [0.5, 0.6) is 5.75 Å². The van der Waals surface area contributed by atoms with Gasteiger partial charge in [0.2, 0.25) is 0 Å². The van der Waals surface area contributed by atoms with Crippen LogP contribution < -0.4 is 4.74 Å². The molecule has 2 saturated carbocycles. The molecule has 2 nitrogen and oxygen atoms in total. The van der Waals surface area contributed by atoms with Crippen molar-refractivity contribution in [2.75, 3.05) is 0 Å². The van der Waals surface area contributed by atoms with Crippen molar-refractivity contribution < 1.29 is 17.9 Å². The van der Waals surface area contributed by atoms with Crippen LogP contribution in [-0.4, -0.2) is 6.36 Å². The van der Waals surface area contributed by atoms with Gasteiger partial charge in [-0.3, -0.25) is 0 Å². The molecule has 1 aromatic carbocycles. The number of ether oxygens (including phenoxy) is 1. The molecule has 0 unspecified atom stereocenters. The first-order valence-electron chi connectivity index (χ1n) is 11.8. The predicted octanol–water partition coefficient (Wildman–Crippen LogP) is 7.99. The normalized spacial score (nSPS) is 27.2. The highest BCUT2D eigenvalue weighted by Gasteiger charge is 2.31. The summed E-state index contributed by atoms with van der Waals surface area (Å²) in [5.41, 5.74) is 1.07. The Bertz CT molecular complexity index is 719. The van der Waals surface area contributed by atoms with E-state index >= 15 is 0 Å². The highest BCUT2D eigenvalue weighted by molar-refractivity contribution is 5.27. The largest absolute Gasteiger partial charge is 0.573 e. The molecule has 2 fully saturated rings. The maximum Gasteiger partial charge on any atom is 0.573 e. The van der Waals surface area contributed by atoms with E-state index in [9.17, 15) is 13.2 Å². The van der Waals surface area contributed by atoms with E-state index in [4.69, 9.17) is 5.26 Å². The van der Waals surface area contributed by atoms with Gasteiger partial charge in [-0.1, -0.05) is 43.9 Å². The third-order valence-corrected chi connectivity index (χ3v) is 7.30. The summed E-state index contributed by atoms with van der Waals surface area (Å²) in [6, 6.07) is 8.38. The van der Waals surface area contributed by atoms with Gasteiger partial charge < -0.3 is 4.74 Å². The molecule has 0 aromatic heterocycles. The summed E-state index contributed by atoms with van der Waals surface area (Å²) >= 11 is 0. The van der Waals surface area contributed by atoms with Crippen molar-refractivity contribution in [3.63, 3.8) is 0 Å². The summed E-state index contributed by atoms with van der Waals surface area (Å²) in [4.78, 5) is 0. The Balaban J connectivity index is 1.28. The fourth-order valence-electron chi connectivity index (χ4n) is 5.56. The van der Waals surface area contributed by atoms with E-state index < -0.39 is 6.36 Å². The van der Waals surface area contributed by atoms with Gasteiger partial charge >= 0.3 is 6.36 Å². The minimum atomic E-state index is -4.63. The van der Waals surface area contributed by atoms with E-state index in [-0.39, 0.29) is 5.75 Å². The first-order chi connectivity index (χ1) is 14.9. The van der Waals surface area contributed by atoms with Crippen molar-refractivity contribution in [1.82, 2.24) is 0 Å². The Morgan fingerprint density at radius 3 is 2.10 bits per heavy atom. The van der Waals surface area contributed by atoms with Gasteiger partial charge in [0, 0.05) is 6.08 Å². The van der Waals surface area contributed by atoms with Crippen LogP contribution in [0, 0.1) is 35.0 Å². The van der Waals surface area contributed by atoms with Crippen molar-refractivity contribution in [2.45, 2.75) is 83.4 Å². The van der Waals surface area contributed by atoms with Gasteiger partial charge in [-0.05, 0) is 92.7 Å². The number of alkyl halides is 3. The quantitative estimate of drug-likeness (QED) is 0.307. The van der Waals surface area contributed by atoms with Gasteiger partial charge in [0.1, 0.15) is 5.75 Å². The molecule has 170 valence electrons. The molecule has 0 spiro atoms. The maximum absolute atomic E-state index is 12.2. The number of benzene rings is 1. The average molecular weight is 434 g/mol. The number of unbranched alkanes of at least 4 members (excludes halogenated alkanes) is 1. The van der Waals surface area contributed by atoms with Gasteiger partial charge in [-0.2, -0.15) is 5.26 Å². The van der Waals surface area contributed by atoms with Crippen LogP contribution in [0.3, 0.4) is 0 Å². The number of rotatable bonds is 8. The highest BCUT2D eigenvalue weighted by atomic mass is 19.4. The Labute approximate surface area is 184 Å². The molecular weight excluding hydrogens is 399 g/mol. The first kappa shape index (κ1) is 23.7. The summed E-state index contributed by atoms with van der Waals surface area (Å²) in [6.07, 6.45) is 14.1. The van der Waals surface area contributed by atoms with Gasteiger partial charge in [0.05, 0.1) is 6.07 Å². The molecule has 0 radical (unpaired) electrons. The molecule has 0 heterocycles. The lowest BCUT2D eigenvalue weighted by Gasteiger charge is -2.37. The third-order valence-electron chi connectivity index (χ3n) is 7.30. The Morgan fingerprint density at radius 1 is 0.903 bits per heavy atom. The highest BCUT2D eigenvalue weighted by Crippen LogP contribution is 2.42. The minimum Gasteiger partial charge on any atom is -0.406 e. The smallest absolute Gasteiger partial charge is 0.406 e. The minimum absolute atomic E-state index is 0.153. The van der Waals surface area contributed by atoms with E-state index in [1.807, 2.05) is 0 Å². The number of allylic oxidation sites excluding steroid dienone is 2. The molecule has 0 aliphatic heterocycles. The lowest BCUT2D eigenvalue weighted by atomic mass is 9.68. The van der Waals surface area contributed by atoms with Crippen LogP contribution >= 0.6 is 0 Å². The number of hydrogen-bond donors (Lipinski definition) is 0. The summed E-state index contributed by atoms with van der Waals surface area (Å²) < 4.78 is 40.6. The van der Waals surface area contributed by atoms with Gasteiger partial charge in [0.15, 0.2) is 0 Å². The second kappa shape index (κ2) is 11.6. The average Bonchev–Trinajstić information content (AvgIpc) is 2.76. The third kappa shape index (κ3) is 8.24. The van der Waals surface area contributed by atoms with Crippen molar-refractivity contribution in [3.05, 3.63) is 42.0 Å². The molecule has 2 aliphatic rings. The zero-order valence-electron chi connectivity index (χ0n) is 18.2. The second-order valence-corrected chi connectivity index (χ2v) is 9.38. The van der Waals surface area contributed by atoms with E-state index in [1.54, 1.807) is 18.2 Å². The molecule has 0 N–H and O–H groups in total. The molecule has 0 bridgehead atoms. The first-order valence-corrected chi connectivity index (χ1v) is 11.8. The van der Waals surface area contributed by atoms with Gasteiger partial charge in [-0.15, -0.1) is 13.2 Å². The van der Waals surface area contributed by atoms with Crippen LogP contribution in [-0.2, 0) is 6.42 Å². The van der Waals surface area contributed by atoms with Crippen LogP contribution in [0.2, 0.25) is 0 Å². The van der Waals surface area contributed by atoms with Crippen molar-refractivity contribution in [3.8, 4) is 11.8 Å². The molecule has 0 saturated heterocycles. The molecule has 5 heteroatoms. The lowest BCUT2D eigenvalue weighted by Crippen LogP contribution is -2.25. The van der Waals surface area contributed by atoms with Crippen LogP contribution in [0.15, 0.2) is 36.4 Å². The van der Waals surface area contributed by atoms with Gasteiger partial charge in [-0.25, -0.2) is 0 Å². The summed E-state index contributed by atoms with van der Waals surface area (Å²) in [5, 5.41) is 8.68. The number of hydrogen-bond acceptors (Lipinski definition) is 2. The molecular formula is C26H34F3NO. The molecule has 0 atom stereocenters. The molecule has 0 amide bonds. The Kier molecular flexibility index (Phi) is 8.87. The SMILES string of the molecule is N#C/C=C/C1CCC(C2CCC(CCCCc3ccc(OC(F)(F)F)cc3)CC2)CC1. The summed E-state index contributed by atoms with van der Waals surface area (Å²) in [7, 11) is 0. The summed E-state index contributed by atoms with van der Waals surface area (Å²) in [6.45, 7) is 0. The van der Waals surface area contributed by atoms with E-state index in [0.717, 1.165) is 36.2 Å². The molecule has 1 aromatic rings. The van der Waals surface area contributed by atoms with Crippen molar-refractivity contribution in [2.24, 2.45) is 23.7 Å². The Morgan fingerprint density at radius 2 is 1.52 bits per heavy atom. The predicted molar refractivity (Wildman–Crippen MR) is 116 cm³/mol. The molecule has 31 heavy (non-hydrogen) atoms. The number of halogens is 3. The van der Waals surface area contributed by atoms with Gasteiger partial charge in [0.25, 0.3) is 0 Å². The van der Waals surface area contributed by atoms with E-state index in [0.29, 0.717) is 5.92 Å². The van der Waals surface area contributed by atoms with E-state index in [2.05, 4.69) is 16.9 Å². The Hall–Kier alpha value is -1.96. The fourth-order valence-corrected chi connectivity index (χ4v) is 5.56. The number of nitrogens with zero attached hydrogens (tertiary/aromatic N) is 1. The second-order valence-electron chi connectivity index (χ2n) is 9.38. The van der Waals surface area contributed by atoms with Crippen molar-refractivity contribution in [1.29, 1.82) is 5.26 Å².